The Morgan fingerprint density at radius 3 is 2.24 bits per heavy atom. The Labute approximate surface area is 168 Å². The number of halogens is 1. The van der Waals surface area contributed by atoms with Crippen molar-refractivity contribution in [2.75, 3.05) is 11.4 Å². The molecule has 1 aromatic rings. The van der Waals surface area contributed by atoms with E-state index < -0.39 is 41.0 Å². The average Bonchev–Trinajstić information content (AvgIpc) is 2.50. The van der Waals surface area contributed by atoms with Crippen molar-refractivity contribution in [3.63, 3.8) is 0 Å². The molecule has 0 spiro atoms. The number of rotatable bonds is 2. The zero-order chi connectivity index (χ0) is 22.4. The van der Waals surface area contributed by atoms with Crippen LogP contribution in [0, 0.1) is 17.7 Å². The van der Waals surface area contributed by atoms with Gasteiger partial charge in [-0.05, 0) is 41.5 Å². The van der Waals surface area contributed by atoms with E-state index >= 15 is 0 Å². The topological polar surface area (TPSA) is 118 Å². The Bertz CT molecular complexity index is 846. The van der Waals surface area contributed by atoms with E-state index in [0.29, 0.717) is 0 Å². The van der Waals surface area contributed by atoms with Gasteiger partial charge in [-0.1, -0.05) is 11.8 Å². The van der Waals surface area contributed by atoms with Crippen LogP contribution in [0.1, 0.15) is 47.1 Å². The minimum atomic E-state index is -1.75. The molecule has 1 heterocycles. The number of nitrogens with one attached hydrogen (secondary N) is 1. The minimum Gasteiger partial charge on any atom is -0.464 e. The van der Waals surface area contributed by atoms with Crippen LogP contribution < -0.4 is 10.2 Å². The molecule has 0 atom stereocenters. The maximum absolute atomic E-state index is 14.3. The number of carbonyl (C=O) groups is 3. The van der Waals surface area contributed by atoms with Crippen LogP contribution in [0.5, 0.6) is 0 Å². The highest BCUT2D eigenvalue weighted by atomic mass is 19.1. The maximum atomic E-state index is 14.3. The normalized spacial score (nSPS) is 11.0. The van der Waals surface area contributed by atoms with Crippen molar-refractivity contribution in [2.24, 2.45) is 0 Å². The molecule has 10 heteroatoms. The molecule has 3 amide bonds. The van der Waals surface area contributed by atoms with Gasteiger partial charge in [-0.3, -0.25) is 4.98 Å². The number of ether oxygens (including phenoxy) is 2. The fraction of sp³-hybridized carbons (Fsp3) is 0.474. The fourth-order valence-corrected chi connectivity index (χ4v) is 1.89. The van der Waals surface area contributed by atoms with Crippen LogP contribution in [-0.4, -0.2) is 46.1 Å². The first kappa shape index (κ1) is 23.7. The highest BCUT2D eigenvalue weighted by Crippen LogP contribution is 2.25. The van der Waals surface area contributed by atoms with Crippen molar-refractivity contribution >= 4 is 24.0 Å². The number of hydrogen-bond acceptors (Lipinski definition) is 6. The number of hydrogen-bond donors (Lipinski definition) is 2. The summed E-state index contributed by atoms with van der Waals surface area (Å²) in [7, 11) is 0. The molecule has 0 bridgehead atoms. The summed E-state index contributed by atoms with van der Waals surface area (Å²) < 4.78 is 24.4. The predicted octanol–water partition coefficient (Wildman–Crippen LogP) is 3.52. The second kappa shape index (κ2) is 9.23. The van der Waals surface area contributed by atoms with Crippen LogP contribution in [-0.2, 0) is 9.47 Å². The van der Waals surface area contributed by atoms with Crippen molar-refractivity contribution in [1.29, 1.82) is 0 Å². The monoisotopic (exact) mass is 409 g/mol. The predicted molar refractivity (Wildman–Crippen MR) is 102 cm³/mol. The lowest BCUT2D eigenvalue weighted by molar-refractivity contribution is 0.0532. The Hall–Kier alpha value is -3.35. The fourth-order valence-electron chi connectivity index (χ4n) is 1.89. The molecule has 0 aromatic carbocycles. The Kier molecular flexibility index (Phi) is 7.54. The first-order valence-corrected chi connectivity index (χ1v) is 8.56. The Morgan fingerprint density at radius 1 is 1.14 bits per heavy atom. The molecule has 0 saturated carbocycles. The second-order valence-electron chi connectivity index (χ2n) is 7.77. The van der Waals surface area contributed by atoms with Gasteiger partial charge >= 0.3 is 18.3 Å². The summed E-state index contributed by atoms with van der Waals surface area (Å²) >= 11 is 0. The molecule has 9 nitrogen and oxygen atoms in total. The first-order valence-electron chi connectivity index (χ1n) is 8.56. The summed E-state index contributed by atoms with van der Waals surface area (Å²) in [4.78, 5) is 39.2. The van der Waals surface area contributed by atoms with E-state index in [2.05, 4.69) is 22.1 Å². The molecule has 1 rings (SSSR count). The number of anilines is 1. The molecule has 0 aliphatic carbocycles. The van der Waals surface area contributed by atoms with Crippen LogP contribution in [0.25, 0.3) is 0 Å². The number of amides is 3. The SMILES string of the molecule is CC(C)(C)OC(=O)NCC#Cc1cncc(F)c1N(C(=O)O)C(=O)OC(C)(C)C. The standard InChI is InChI=1S/C19H24FN3O6/c1-18(2,3)28-15(24)22-9-7-8-12-10-21-11-13(20)14(12)23(16(25)26)17(27)29-19(4,5)6/h10-11H,9H2,1-6H3,(H,22,24)(H,25,26). The van der Waals surface area contributed by atoms with E-state index in [0.717, 1.165) is 12.4 Å². The third kappa shape index (κ3) is 8.04. The lowest BCUT2D eigenvalue weighted by Crippen LogP contribution is -2.41. The molecule has 1 aromatic heterocycles. The van der Waals surface area contributed by atoms with Gasteiger partial charge in [0.1, 0.15) is 16.9 Å². The summed E-state index contributed by atoms with van der Waals surface area (Å²) in [6.45, 7) is 9.54. The van der Waals surface area contributed by atoms with E-state index in [-0.39, 0.29) is 17.0 Å². The summed E-state index contributed by atoms with van der Waals surface area (Å²) in [5, 5.41) is 11.8. The smallest absolute Gasteiger partial charge is 0.424 e. The van der Waals surface area contributed by atoms with Crippen LogP contribution in [0.4, 0.5) is 24.5 Å². The summed E-state index contributed by atoms with van der Waals surface area (Å²) in [6, 6.07) is 0. The number of alkyl carbamates (subject to hydrolysis) is 1. The highest BCUT2D eigenvalue weighted by Gasteiger charge is 2.32. The van der Waals surface area contributed by atoms with Gasteiger partial charge in [-0.15, -0.1) is 0 Å². The summed E-state index contributed by atoms with van der Waals surface area (Å²) in [5.74, 6) is 3.94. The van der Waals surface area contributed by atoms with E-state index in [1.807, 2.05) is 0 Å². The molecular formula is C19H24FN3O6. The third-order valence-corrected chi connectivity index (χ3v) is 2.81. The Balaban J connectivity index is 3.12. The molecule has 0 fully saturated rings. The van der Waals surface area contributed by atoms with Crippen molar-refractivity contribution in [3.05, 3.63) is 23.8 Å². The van der Waals surface area contributed by atoms with E-state index in [1.54, 1.807) is 20.8 Å². The minimum absolute atomic E-state index is 0.119. The number of carboxylic acid groups (broad SMARTS) is 1. The number of aromatic nitrogens is 1. The molecule has 0 radical (unpaired) electrons. The van der Waals surface area contributed by atoms with E-state index in [9.17, 15) is 23.9 Å². The van der Waals surface area contributed by atoms with Crippen molar-refractivity contribution in [3.8, 4) is 11.8 Å². The van der Waals surface area contributed by atoms with Gasteiger partial charge in [0.15, 0.2) is 5.82 Å². The van der Waals surface area contributed by atoms with E-state index in [1.165, 1.54) is 20.8 Å². The molecule has 29 heavy (non-hydrogen) atoms. The molecule has 158 valence electrons. The molecule has 0 unspecified atom stereocenters. The zero-order valence-corrected chi connectivity index (χ0v) is 17.1. The maximum Gasteiger partial charge on any atom is 0.424 e. The first-order chi connectivity index (χ1) is 13.2. The molecule has 0 aliphatic heterocycles. The second-order valence-corrected chi connectivity index (χ2v) is 7.77. The van der Waals surface area contributed by atoms with Gasteiger partial charge in [-0.2, -0.15) is 4.90 Å². The molecule has 2 N–H and O–H groups in total. The molecular weight excluding hydrogens is 385 g/mol. The Morgan fingerprint density at radius 2 is 1.72 bits per heavy atom. The van der Waals surface area contributed by atoms with Gasteiger partial charge in [0.2, 0.25) is 0 Å². The summed E-state index contributed by atoms with van der Waals surface area (Å²) in [6.07, 6.45) is -1.89. The van der Waals surface area contributed by atoms with Gasteiger partial charge in [0, 0.05) is 6.20 Å². The van der Waals surface area contributed by atoms with Gasteiger partial charge in [0.05, 0.1) is 18.3 Å². The van der Waals surface area contributed by atoms with Gasteiger partial charge < -0.3 is 19.9 Å². The van der Waals surface area contributed by atoms with Crippen LogP contribution in [0.15, 0.2) is 12.4 Å². The zero-order valence-electron chi connectivity index (χ0n) is 17.1. The quantitative estimate of drug-likeness (QED) is 0.718. The highest BCUT2D eigenvalue weighted by molar-refractivity contribution is 6.09. The number of carbonyl (C=O) groups excluding carboxylic acids is 2. The van der Waals surface area contributed by atoms with Crippen LogP contribution >= 0.6 is 0 Å². The third-order valence-electron chi connectivity index (χ3n) is 2.81. The van der Waals surface area contributed by atoms with Gasteiger partial charge in [0.25, 0.3) is 0 Å². The lowest BCUT2D eigenvalue weighted by atomic mass is 10.2. The van der Waals surface area contributed by atoms with Gasteiger partial charge in [-0.25, -0.2) is 18.8 Å². The largest absolute Gasteiger partial charge is 0.464 e. The number of imide groups is 1. The van der Waals surface area contributed by atoms with Crippen molar-refractivity contribution in [2.45, 2.75) is 52.7 Å². The molecule has 0 saturated heterocycles. The number of pyridine rings is 1. The lowest BCUT2D eigenvalue weighted by Gasteiger charge is -2.25. The molecule has 0 aliphatic rings. The van der Waals surface area contributed by atoms with E-state index in [4.69, 9.17) is 9.47 Å². The van der Waals surface area contributed by atoms with Crippen molar-refractivity contribution in [1.82, 2.24) is 10.3 Å². The van der Waals surface area contributed by atoms with Crippen molar-refractivity contribution < 1.29 is 33.4 Å². The van der Waals surface area contributed by atoms with Crippen LogP contribution in [0.2, 0.25) is 0 Å². The number of nitrogens with zero attached hydrogens (tertiary/aromatic N) is 2. The summed E-state index contributed by atoms with van der Waals surface area (Å²) in [5.41, 5.74) is -2.49. The van der Waals surface area contributed by atoms with Crippen LogP contribution in [0.3, 0.4) is 0 Å². The average molecular weight is 409 g/mol.